The largest absolute Gasteiger partial charge is 0.246 e. The van der Waals surface area contributed by atoms with Gasteiger partial charge in [-0.2, -0.15) is 0 Å². The Morgan fingerprint density at radius 3 is 2.42 bits per heavy atom. The third-order valence-corrected chi connectivity index (χ3v) is 2.45. The van der Waals surface area contributed by atoms with Gasteiger partial charge in [0.2, 0.25) is 0 Å². The molecule has 0 nitrogen and oxygen atoms in total. The van der Waals surface area contributed by atoms with Gasteiger partial charge in [0.15, 0.2) is 0 Å². The molecule has 0 aromatic heterocycles. The van der Waals surface area contributed by atoms with E-state index in [9.17, 15) is 4.39 Å². The van der Waals surface area contributed by atoms with Gasteiger partial charge >= 0.3 is 0 Å². The molecule has 0 spiro atoms. The SMILES string of the molecule is Cc1ccc(C[C@@H](F)CBr)cc1. The Bertz CT molecular complexity index is 230. The first-order chi connectivity index (χ1) is 5.72. The maximum Gasteiger partial charge on any atom is 0.114 e. The summed E-state index contributed by atoms with van der Waals surface area (Å²) in [6, 6.07) is 7.97. The zero-order valence-corrected chi connectivity index (χ0v) is 8.64. The fraction of sp³-hybridized carbons (Fsp3) is 0.400. The number of halogens is 2. The first-order valence-electron chi connectivity index (χ1n) is 3.98. The summed E-state index contributed by atoms with van der Waals surface area (Å²) >= 11 is 3.11. The van der Waals surface area contributed by atoms with Crippen molar-refractivity contribution in [1.82, 2.24) is 0 Å². The molecule has 0 N–H and O–H groups in total. The minimum atomic E-state index is -0.771. The van der Waals surface area contributed by atoms with Crippen LogP contribution in [0.3, 0.4) is 0 Å². The highest BCUT2D eigenvalue weighted by Crippen LogP contribution is 2.09. The third-order valence-electron chi connectivity index (χ3n) is 1.75. The Morgan fingerprint density at radius 2 is 1.92 bits per heavy atom. The van der Waals surface area contributed by atoms with E-state index in [0.717, 1.165) is 5.56 Å². The summed E-state index contributed by atoms with van der Waals surface area (Å²) in [7, 11) is 0. The highest BCUT2D eigenvalue weighted by atomic mass is 79.9. The van der Waals surface area contributed by atoms with Crippen molar-refractivity contribution < 1.29 is 4.39 Å². The van der Waals surface area contributed by atoms with Gasteiger partial charge in [0.25, 0.3) is 0 Å². The predicted molar refractivity (Wildman–Crippen MR) is 53.6 cm³/mol. The molecular weight excluding hydrogens is 219 g/mol. The molecule has 1 aromatic carbocycles. The lowest BCUT2D eigenvalue weighted by Gasteiger charge is -2.04. The zero-order valence-electron chi connectivity index (χ0n) is 7.06. The minimum absolute atomic E-state index is 0.418. The monoisotopic (exact) mass is 230 g/mol. The Balaban J connectivity index is 2.58. The summed E-state index contributed by atoms with van der Waals surface area (Å²) in [5.41, 5.74) is 2.28. The first kappa shape index (κ1) is 9.72. The van der Waals surface area contributed by atoms with Crippen molar-refractivity contribution in [3.8, 4) is 0 Å². The van der Waals surface area contributed by atoms with Gasteiger partial charge in [-0.3, -0.25) is 0 Å². The van der Waals surface area contributed by atoms with Gasteiger partial charge < -0.3 is 0 Å². The molecule has 0 radical (unpaired) electrons. The normalized spacial score (nSPS) is 12.9. The Kier molecular flexibility index (Phi) is 3.73. The van der Waals surface area contributed by atoms with Crippen LogP contribution < -0.4 is 0 Å². The molecular formula is C10H12BrF. The third kappa shape index (κ3) is 2.94. The maximum absolute atomic E-state index is 12.9. The molecule has 12 heavy (non-hydrogen) atoms. The molecule has 1 aromatic rings. The number of rotatable bonds is 3. The van der Waals surface area contributed by atoms with E-state index in [4.69, 9.17) is 0 Å². The second-order valence-electron chi connectivity index (χ2n) is 2.94. The second-order valence-corrected chi connectivity index (χ2v) is 3.59. The first-order valence-corrected chi connectivity index (χ1v) is 5.10. The van der Waals surface area contributed by atoms with Gasteiger partial charge in [-0.15, -0.1) is 0 Å². The van der Waals surface area contributed by atoms with Crippen LogP contribution in [-0.2, 0) is 6.42 Å². The lowest BCUT2D eigenvalue weighted by molar-refractivity contribution is 0.368. The zero-order chi connectivity index (χ0) is 8.97. The van der Waals surface area contributed by atoms with E-state index in [1.165, 1.54) is 5.56 Å². The van der Waals surface area contributed by atoms with Gasteiger partial charge in [-0.1, -0.05) is 45.8 Å². The molecule has 2 heteroatoms. The average Bonchev–Trinajstić information content (AvgIpc) is 2.09. The van der Waals surface area contributed by atoms with E-state index in [-0.39, 0.29) is 0 Å². The number of hydrogen-bond donors (Lipinski definition) is 0. The number of benzene rings is 1. The smallest absolute Gasteiger partial charge is 0.114 e. The lowest BCUT2D eigenvalue weighted by Crippen LogP contribution is -2.05. The highest BCUT2D eigenvalue weighted by Gasteiger charge is 2.04. The molecule has 0 aliphatic rings. The van der Waals surface area contributed by atoms with Crippen LogP contribution in [0.4, 0.5) is 4.39 Å². The molecule has 0 fully saturated rings. The molecule has 0 saturated carbocycles. The second kappa shape index (κ2) is 4.61. The minimum Gasteiger partial charge on any atom is -0.246 e. The van der Waals surface area contributed by atoms with E-state index in [2.05, 4.69) is 15.9 Å². The van der Waals surface area contributed by atoms with Gasteiger partial charge in [-0.25, -0.2) is 4.39 Å². The molecule has 0 amide bonds. The molecule has 0 saturated heterocycles. The van der Waals surface area contributed by atoms with Crippen LogP contribution in [0.2, 0.25) is 0 Å². The predicted octanol–water partition coefficient (Wildman–Crippen LogP) is 3.27. The van der Waals surface area contributed by atoms with Crippen LogP contribution in [0.1, 0.15) is 11.1 Å². The van der Waals surface area contributed by atoms with Gasteiger partial charge in [-0.05, 0) is 12.5 Å². The van der Waals surface area contributed by atoms with Crippen molar-refractivity contribution in [2.24, 2.45) is 0 Å². The Hall–Kier alpha value is -0.370. The summed E-state index contributed by atoms with van der Waals surface area (Å²) in [6.45, 7) is 2.03. The average molecular weight is 231 g/mol. The van der Waals surface area contributed by atoms with Crippen molar-refractivity contribution in [3.63, 3.8) is 0 Å². The number of hydrogen-bond acceptors (Lipinski definition) is 0. The Labute approximate surface area is 80.9 Å². The fourth-order valence-corrected chi connectivity index (χ4v) is 1.26. The van der Waals surface area contributed by atoms with Crippen molar-refractivity contribution in [3.05, 3.63) is 35.4 Å². The lowest BCUT2D eigenvalue weighted by atomic mass is 10.1. The highest BCUT2D eigenvalue weighted by molar-refractivity contribution is 9.09. The standard InChI is InChI=1S/C10H12BrF/c1-8-2-4-9(5-3-8)6-10(12)7-11/h2-5,10H,6-7H2,1H3/t10-/m1/s1. The summed E-state index contributed by atoms with van der Waals surface area (Å²) < 4.78 is 12.9. The topological polar surface area (TPSA) is 0 Å². The summed E-state index contributed by atoms with van der Waals surface area (Å²) in [6.07, 6.45) is -0.265. The van der Waals surface area contributed by atoms with Crippen LogP contribution in [-0.4, -0.2) is 11.5 Å². The Morgan fingerprint density at radius 1 is 1.33 bits per heavy atom. The van der Waals surface area contributed by atoms with Crippen molar-refractivity contribution in [2.45, 2.75) is 19.5 Å². The molecule has 0 aliphatic carbocycles. The van der Waals surface area contributed by atoms with Crippen molar-refractivity contribution in [2.75, 3.05) is 5.33 Å². The van der Waals surface area contributed by atoms with E-state index in [0.29, 0.717) is 11.8 Å². The molecule has 0 heterocycles. The summed E-state index contributed by atoms with van der Waals surface area (Å²) in [5.74, 6) is 0. The molecule has 1 atom stereocenters. The van der Waals surface area contributed by atoms with Gasteiger partial charge in [0, 0.05) is 11.8 Å². The maximum atomic E-state index is 12.9. The van der Waals surface area contributed by atoms with Crippen LogP contribution in [0.25, 0.3) is 0 Å². The van der Waals surface area contributed by atoms with Gasteiger partial charge in [0.05, 0.1) is 0 Å². The van der Waals surface area contributed by atoms with Crippen LogP contribution in [0, 0.1) is 6.92 Å². The van der Waals surface area contributed by atoms with E-state index >= 15 is 0 Å². The van der Waals surface area contributed by atoms with Crippen molar-refractivity contribution >= 4 is 15.9 Å². The van der Waals surface area contributed by atoms with Gasteiger partial charge in [0.1, 0.15) is 6.17 Å². The summed E-state index contributed by atoms with van der Waals surface area (Å²) in [5, 5.41) is 0.418. The van der Waals surface area contributed by atoms with Crippen LogP contribution in [0.5, 0.6) is 0 Å². The molecule has 0 bridgehead atoms. The molecule has 66 valence electrons. The molecule has 0 unspecified atom stereocenters. The van der Waals surface area contributed by atoms with Crippen LogP contribution >= 0.6 is 15.9 Å². The summed E-state index contributed by atoms with van der Waals surface area (Å²) in [4.78, 5) is 0. The van der Waals surface area contributed by atoms with E-state index < -0.39 is 6.17 Å². The number of aryl methyl sites for hydroxylation is 1. The fourth-order valence-electron chi connectivity index (χ4n) is 1.03. The van der Waals surface area contributed by atoms with Crippen molar-refractivity contribution in [1.29, 1.82) is 0 Å². The quantitative estimate of drug-likeness (QED) is 0.700. The van der Waals surface area contributed by atoms with Crippen LogP contribution in [0.15, 0.2) is 24.3 Å². The van der Waals surface area contributed by atoms with E-state index in [1.54, 1.807) is 0 Å². The molecule has 1 rings (SSSR count). The number of alkyl halides is 2. The molecule has 0 aliphatic heterocycles. The van der Waals surface area contributed by atoms with E-state index in [1.807, 2.05) is 31.2 Å².